The third kappa shape index (κ3) is 6.73. The zero-order valence-corrected chi connectivity index (χ0v) is 16.7. The van der Waals surface area contributed by atoms with Crippen LogP contribution in [0.5, 0.6) is 5.75 Å². The molecule has 0 radical (unpaired) electrons. The van der Waals surface area contributed by atoms with Crippen LogP contribution in [0.4, 0.5) is 5.69 Å². The van der Waals surface area contributed by atoms with E-state index in [9.17, 15) is 9.59 Å². The molecule has 2 N–H and O–H groups in total. The molecule has 0 saturated heterocycles. The Morgan fingerprint density at radius 1 is 1.26 bits per heavy atom. The summed E-state index contributed by atoms with van der Waals surface area (Å²) >= 11 is 7.43. The number of carbonyl (C=O) groups is 2. The van der Waals surface area contributed by atoms with E-state index in [1.807, 2.05) is 6.92 Å². The Balaban J connectivity index is 1.76. The highest BCUT2D eigenvalue weighted by atomic mass is 35.5. The molecular weight excluding hydrogens is 388 g/mol. The van der Waals surface area contributed by atoms with E-state index in [4.69, 9.17) is 16.3 Å². The summed E-state index contributed by atoms with van der Waals surface area (Å²) in [6.45, 7) is 2.31. The highest BCUT2D eigenvalue weighted by Gasteiger charge is 2.14. The standard InChI is InChI=1S/C18H21ClN4O3S/c1-3-27-18-21-11-14(19)16(23-18)17(25)20-10-4-5-15(24)22-12-6-8-13(26-2)9-7-12/h6-9,11H,3-5,10H2,1-2H3,(H,20,25)(H,22,24). The van der Waals surface area contributed by atoms with Gasteiger partial charge in [-0.05, 0) is 36.4 Å². The fraction of sp³-hybridized carbons (Fsp3) is 0.333. The molecule has 1 aromatic carbocycles. The zero-order chi connectivity index (χ0) is 19.6. The van der Waals surface area contributed by atoms with Crippen LogP contribution >= 0.6 is 23.4 Å². The fourth-order valence-electron chi connectivity index (χ4n) is 2.14. The lowest BCUT2D eigenvalue weighted by Crippen LogP contribution is -2.27. The summed E-state index contributed by atoms with van der Waals surface area (Å²) in [5.74, 6) is 1.01. The van der Waals surface area contributed by atoms with Crippen LogP contribution in [0.25, 0.3) is 0 Å². The number of carbonyl (C=O) groups excluding carboxylic acids is 2. The Kier molecular flexibility index (Phi) is 8.35. The molecule has 0 bridgehead atoms. The first-order valence-electron chi connectivity index (χ1n) is 8.41. The first-order chi connectivity index (χ1) is 13.0. The van der Waals surface area contributed by atoms with Crippen molar-refractivity contribution in [2.75, 3.05) is 24.7 Å². The molecule has 0 fully saturated rings. The van der Waals surface area contributed by atoms with Crippen LogP contribution in [0.15, 0.2) is 35.6 Å². The van der Waals surface area contributed by atoms with Gasteiger partial charge in [0.15, 0.2) is 10.9 Å². The van der Waals surface area contributed by atoms with Gasteiger partial charge in [-0.25, -0.2) is 9.97 Å². The number of methoxy groups -OCH3 is 1. The lowest BCUT2D eigenvalue weighted by Gasteiger charge is -2.08. The van der Waals surface area contributed by atoms with Crippen LogP contribution < -0.4 is 15.4 Å². The highest BCUT2D eigenvalue weighted by molar-refractivity contribution is 7.99. The summed E-state index contributed by atoms with van der Waals surface area (Å²) in [4.78, 5) is 32.4. The average Bonchev–Trinajstić information content (AvgIpc) is 2.67. The molecule has 0 saturated carbocycles. The molecule has 0 aliphatic rings. The SMILES string of the molecule is CCSc1ncc(Cl)c(C(=O)NCCCC(=O)Nc2ccc(OC)cc2)n1. The highest BCUT2D eigenvalue weighted by Crippen LogP contribution is 2.18. The molecule has 7 nitrogen and oxygen atoms in total. The largest absolute Gasteiger partial charge is 0.497 e. The third-order valence-electron chi connectivity index (χ3n) is 3.45. The molecule has 0 atom stereocenters. The molecular formula is C18H21ClN4O3S. The van der Waals surface area contributed by atoms with Gasteiger partial charge in [0.25, 0.3) is 5.91 Å². The van der Waals surface area contributed by atoms with Gasteiger partial charge >= 0.3 is 0 Å². The molecule has 1 heterocycles. The van der Waals surface area contributed by atoms with Crippen molar-refractivity contribution >= 4 is 40.9 Å². The number of rotatable bonds is 9. The van der Waals surface area contributed by atoms with E-state index in [-0.39, 0.29) is 29.0 Å². The van der Waals surface area contributed by atoms with Gasteiger partial charge in [0.1, 0.15) is 5.75 Å². The van der Waals surface area contributed by atoms with Gasteiger partial charge in [-0.2, -0.15) is 0 Å². The van der Waals surface area contributed by atoms with Crippen molar-refractivity contribution in [1.82, 2.24) is 15.3 Å². The number of nitrogens with zero attached hydrogens (tertiary/aromatic N) is 2. The van der Waals surface area contributed by atoms with E-state index < -0.39 is 0 Å². The van der Waals surface area contributed by atoms with Gasteiger partial charge in [-0.3, -0.25) is 9.59 Å². The summed E-state index contributed by atoms with van der Waals surface area (Å²) in [5, 5.41) is 6.22. The molecule has 2 amide bonds. The maximum atomic E-state index is 12.2. The molecule has 27 heavy (non-hydrogen) atoms. The number of benzene rings is 1. The van der Waals surface area contributed by atoms with Crippen LogP contribution in [-0.4, -0.2) is 41.2 Å². The first kappa shape index (κ1) is 21.0. The van der Waals surface area contributed by atoms with E-state index in [2.05, 4.69) is 20.6 Å². The second-order valence-electron chi connectivity index (χ2n) is 5.42. The minimum atomic E-state index is -0.379. The third-order valence-corrected chi connectivity index (χ3v) is 4.47. The van der Waals surface area contributed by atoms with Crippen LogP contribution in [0.1, 0.15) is 30.3 Å². The predicted molar refractivity (Wildman–Crippen MR) is 107 cm³/mol. The summed E-state index contributed by atoms with van der Waals surface area (Å²) < 4.78 is 5.07. The number of hydrogen-bond acceptors (Lipinski definition) is 6. The van der Waals surface area contributed by atoms with E-state index in [1.165, 1.54) is 18.0 Å². The number of aromatic nitrogens is 2. The van der Waals surface area contributed by atoms with Gasteiger partial charge in [-0.1, -0.05) is 30.3 Å². The van der Waals surface area contributed by atoms with Crippen LogP contribution in [0.2, 0.25) is 5.02 Å². The molecule has 0 unspecified atom stereocenters. The quantitative estimate of drug-likeness (QED) is 0.375. The molecule has 9 heteroatoms. The first-order valence-corrected chi connectivity index (χ1v) is 9.77. The number of hydrogen-bond donors (Lipinski definition) is 2. The summed E-state index contributed by atoms with van der Waals surface area (Å²) in [6.07, 6.45) is 2.19. The van der Waals surface area contributed by atoms with Gasteiger partial charge in [0, 0.05) is 18.7 Å². The van der Waals surface area contributed by atoms with Gasteiger partial charge < -0.3 is 15.4 Å². The lowest BCUT2D eigenvalue weighted by molar-refractivity contribution is -0.116. The van der Waals surface area contributed by atoms with Gasteiger partial charge in [-0.15, -0.1) is 0 Å². The Bertz CT molecular complexity index is 787. The smallest absolute Gasteiger partial charge is 0.271 e. The average molecular weight is 409 g/mol. The molecule has 1 aromatic heterocycles. The van der Waals surface area contributed by atoms with Crippen LogP contribution in [-0.2, 0) is 4.79 Å². The second-order valence-corrected chi connectivity index (χ2v) is 7.06. The van der Waals surface area contributed by atoms with Crippen LogP contribution in [0.3, 0.4) is 0 Å². The Morgan fingerprint density at radius 2 is 2.00 bits per heavy atom. The van der Waals surface area contributed by atoms with Crippen molar-refractivity contribution < 1.29 is 14.3 Å². The van der Waals surface area contributed by atoms with E-state index in [1.54, 1.807) is 31.4 Å². The van der Waals surface area contributed by atoms with E-state index >= 15 is 0 Å². The fourth-order valence-corrected chi connectivity index (χ4v) is 2.86. The topological polar surface area (TPSA) is 93.2 Å². The lowest BCUT2D eigenvalue weighted by atomic mass is 10.2. The minimum absolute atomic E-state index is 0.129. The predicted octanol–water partition coefficient (Wildman–Crippen LogP) is 3.40. The molecule has 2 aromatic rings. The Hall–Kier alpha value is -2.32. The number of nitrogens with one attached hydrogen (secondary N) is 2. The van der Waals surface area contributed by atoms with Crippen LogP contribution in [0, 0.1) is 0 Å². The molecule has 0 spiro atoms. The maximum Gasteiger partial charge on any atom is 0.271 e. The van der Waals surface area contributed by atoms with Gasteiger partial charge in [0.2, 0.25) is 5.91 Å². The zero-order valence-electron chi connectivity index (χ0n) is 15.1. The monoisotopic (exact) mass is 408 g/mol. The van der Waals surface area contributed by atoms with Crippen molar-refractivity contribution in [2.45, 2.75) is 24.9 Å². The Morgan fingerprint density at radius 3 is 2.67 bits per heavy atom. The van der Waals surface area contributed by atoms with Crippen molar-refractivity contribution in [1.29, 1.82) is 0 Å². The van der Waals surface area contributed by atoms with E-state index in [0.29, 0.717) is 23.8 Å². The summed E-state index contributed by atoms with van der Waals surface area (Å²) in [5.41, 5.74) is 0.837. The van der Waals surface area contributed by atoms with Crippen molar-refractivity contribution in [3.8, 4) is 5.75 Å². The normalized spacial score (nSPS) is 10.3. The maximum absolute atomic E-state index is 12.2. The van der Waals surface area contributed by atoms with Crippen molar-refractivity contribution in [2.24, 2.45) is 0 Å². The summed E-state index contributed by atoms with van der Waals surface area (Å²) in [7, 11) is 1.58. The summed E-state index contributed by atoms with van der Waals surface area (Å²) in [6, 6.07) is 7.07. The second kappa shape index (κ2) is 10.7. The molecule has 0 aliphatic carbocycles. The molecule has 2 rings (SSSR count). The number of thioether (sulfide) groups is 1. The number of ether oxygens (including phenoxy) is 1. The minimum Gasteiger partial charge on any atom is -0.497 e. The van der Waals surface area contributed by atoms with Crippen molar-refractivity contribution in [3.05, 3.63) is 41.2 Å². The number of amides is 2. The van der Waals surface area contributed by atoms with Crippen molar-refractivity contribution in [3.63, 3.8) is 0 Å². The molecule has 144 valence electrons. The number of halogens is 1. The van der Waals surface area contributed by atoms with E-state index in [0.717, 1.165) is 11.5 Å². The molecule has 0 aliphatic heterocycles. The number of anilines is 1. The Labute approximate surface area is 167 Å². The van der Waals surface area contributed by atoms with Gasteiger partial charge in [0.05, 0.1) is 18.3 Å².